The highest BCUT2D eigenvalue weighted by molar-refractivity contribution is 5.92. The predicted octanol–water partition coefficient (Wildman–Crippen LogP) is 2.87. The molecule has 0 aliphatic heterocycles. The maximum absolute atomic E-state index is 11.4. The van der Waals surface area contributed by atoms with Crippen molar-refractivity contribution in [2.45, 2.75) is 25.8 Å². The van der Waals surface area contributed by atoms with E-state index in [0.717, 1.165) is 29.7 Å². The molecule has 0 atom stereocenters. The molecule has 128 valence electrons. The molecule has 1 aliphatic carbocycles. The molecular weight excluding hydrogens is 320 g/mol. The predicted molar refractivity (Wildman–Crippen MR) is 94.2 cm³/mol. The fourth-order valence-corrected chi connectivity index (χ4v) is 2.77. The highest BCUT2D eigenvalue weighted by Gasteiger charge is 2.26. The third kappa shape index (κ3) is 2.98. The Bertz CT molecular complexity index is 947. The first-order valence-corrected chi connectivity index (χ1v) is 8.06. The number of carbonyl (C=O) groups is 1. The maximum atomic E-state index is 11.4. The second kappa shape index (κ2) is 6.04. The van der Waals surface area contributed by atoms with Crippen LogP contribution >= 0.6 is 0 Å². The van der Waals surface area contributed by atoms with Crippen LogP contribution in [0.2, 0.25) is 0 Å². The highest BCUT2D eigenvalue weighted by Crippen LogP contribution is 2.37. The zero-order chi connectivity index (χ0) is 17.4. The normalized spacial score (nSPS) is 13.7. The summed E-state index contributed by atoms with van der Waals surface area (Å²) < 4.78 is 7.37. The molecule has 1 aliphatic rings. The number of benzene rings is 1. The van der Waals surface area contributed by atoms with Gasteiger partial charge in [-0.1, -0.05) is 0 Å². The lowest BCUT2D eigenvalue weighted by molar-refractivity contribution is -0.114. The first-order valence-electron chi connectivity index (χ1n) is 8.06. The lowest BCUT2D eigenvalue weighted by Gasteiger charge is -2.12. The second-order valence-corrected chi connectivity index (χ2v) is 6.00. The zero-order valence-corrected chi connectivity index (χ0v) is 14.0. The van der Waals surface area contributed by atoms with E-state index >= 15 is 0 Å². The minimum Gasteiger partial charge on any atom is -0.495 e. The van der Waals surface area contributed by atoms with Crippen molar-refractivity contribution >= 4 is 34.3 Å². The van der Waals surface area contributed by atoms with Crippen molar-refractivity contribution in [2.24, 2.45) is 0 Å². The number of rotatable bonds is 5. The number of hydrogen-bond donors (Lipinski definition) is 2. The van der Waals surface area contributed by atoms with Crippen LogP contribution in [-0.2, 0) is 4.79 Å². The van der Waals surface area contributed by atoms with E-state index in [9.17, 15) is 4.79 Å². The third-order valence-electron chi connectivity index (χ3n) is 4.07. The van der Waals surface area contributed by atoms with Gasteiger partial charge >= 0.3 is 0 Å². The van der Waals surface area contributed by atoms with Crippen LogP contribution in [0, 0.1) is 0 Å². The Morgan fingerprint density at radius 1 is 1.28 bits per heavy atom. The first kappa shape index (κ1) is 15.4. The topological polar surface area (TPSA) is 94.0 Å². The molecule has 2 aromatic heterocycles. The molecule has 0 spiro atoms. The number of carbonyl (C=O) groups excluding carboxylic acids is 1. The molecule has 0 unspecified atom stereocenters. The summed E-state index contributed by atoms with van der Waals surface area (Å²) in [5.41, 5.74) is 2.92. The fourth-order valence-electron chi connectivity index (χ4n) is 2.77. The molecule has 4 rings (SSSR count). The minimum absolute atomic E-state index is 0.164. The van der Waals surface area contributed by atoms with Crippen LogP contribution in [-0.4, -0.2) is 32.5 Å². The van der Waals surface area contributed by atoms with Crippen LogP contribution in [0.4, 0.5) is 17.2 Å². The van der Waals surface area contributed by atoms with Gasteiger partial charge in [-0.2, -0.15) is 0 Å². The van der Waals surface area contributed by atoms with Crippen LogP contribution in [0.15, 0.2) is 30.9 Å². The van der Waals surface area contributed by atoms with Crippen LogP contribution < -0.4 is 15.4 Å². The lowest BCUT2D eigenvalue weighted by atomic mass is 10.2. The summed E-state index contributed by atoms with van der Waals surface area (Å²) in [6, 6.07) is 5.94. The molecule has 2 heterocycles. The number of nitrogens with zero attached hydrogens (tertiary/aromatic N) is 4. The molecule has 25 heavy (non-hydrogen) atoms. The molecular formula is C17H18N6O2. The van der Waals surface area contributed by atoms with Crippen LogP contribution in [0.25, 0.3) is 11.2 Å². The van der Waals surface area contributed by atoms with E-state index in [-0.39, 0.29) is 5.91 Å². The number of amides is 1. The molecule has 1 amide bonds. The van der Waals surface area contributed by atoms with E-state index < -0.39 is 0 Å². The molecule has 0 radical (unpaired) electrons. The first-order chi connectivity index (χ1) is 12.2. The molecule has 0 bridgehead atoms. The van der Waals surface area contributed by atoms with Gasteiger partial charge in [0.2, 0.25) is 5.91 Å². The summed E-state index contributed by atoms with van der Waals surface area (Å²) in [5, 5.41) is 6.01. The van der Waals surface area contributed by atoms with E-state index in [1.54, 1.807) is 19.2 Å². The van der Waals surface area contributed by atoms with Crippen molar-refractivity contribution in [1.82, 2.24) is 19.5 Å². The van der Waals surface area contributed by atoms with Gasteiger partial charge in [0, 0.05) is 18.7 Å². The molecule has 3 aromatic rings. The molecule has 0 saturated heterocycles. The molecule has 1 fully saturated rings. The van der Waals surface area contributed by atoms with Crippen molar-refractivity contribution in [3.05, 3.63) is 30.9 Å². The molecule has 8 nitrogen and oxygen atoms in total. The van der Waals surface area contributed by atoms with Gasteiger partial charge in [-0.15, -0.1) is 0 Å². The number of hydrogen-bond acceptors (Lipinski definition) is 6. The lowest BCUT2D eigenvalue weighted by Crippen LogP contribution is -2.07. The number of methoxy groups -OCH3 is 1. The van der Waals surface area contributed by atoms with E-state index in [0.29, 0.717) is 23.3 Å². The molecule has 2 N–H and O–H groups in total. The van der Waals surface area contributed by atoms with Crippen LogP contribution in [0.5, 0.6) is 5.75 Å². The quantitative estimate of drug-likeness (QED) is 0.743. The Labute approximate surface area is 144 Å². The Balaban J connectivity index is 1.68. The van der Waals surface area contributed by atoms with Gasteiger partial charge < -0.3 is 19.9 Å². The SMILES string of the molecule is COc1ccc(Nc2ncnc3c2ncn3C2CC2)cc1NC(C)=O. The van der Waals surface area contributed by atoms with Crippen molar-refractivity contribution < 1.29 is 9.53 Å². The molecule has 1 saturated carbocycles. The number of fused-ring (bicyclic) bond motifs is 1. The Kier molecular flexibility index (Phi) is 3.72. The fraction of sp³-hybridized carbons (Fsp3) is 0.294. The summed E-state index contributed by atoms with van der Waals surface area (Å²) in [5.74, 6) is 1.05. The Morgan fingerprint density at radius 2 is 2.12 bits per heavy atom. The monoisotopic (exact) mass is 338 g/mol. The van der Waals surface area contributed by atoms with E-state index in [1.807, 2.05) is 12.4 Å². The largest absolute Gasteiger partial charge is 0.495 e. The number of ether oxygens (including phenoxy) is 1. The van der Waals surface area contributed by atoms with E-state index in [4.69, 9.17) is 4.74 Å². The summed E-state index contributed by atoms with van der Waals surface area (Å²) in [6.07, 6.45) is 5.68. The van der Waals surface area contributed by atoms with Crippen molar-refractivity contribution in [3.63, 3.8) is 0 Å². The third-order valence-corrected chi connectivity index (χ3v) is 4.07. The Morgan fingerprint density at radius 3 is 2.84 bits per heavy atom. The standard InChI is InChI=1S/C17H18N6O2/c1-10(24)21-13-7-11(3-6-14(13)25-2)22-16-15-17(19-8-18-16)23(9-20-15)12-4-5-12/h3,6-9,12H,4-5H2,1-2H3,(H,21,24)(H,18,19,22). The van der Waals surface area contributed by atoms with Gasteiger partial charge in [-0.05, 0) is 31.0 Å². The van der Waals surface area contributed by atoms with Gasteiger partial charge in [-0.3, -0.25) is 4.79 Å². The summed E-state index contributed by atoms with van der Waals surface area (Å²) in [7, 11) is 1.56. The minimum atomic E-state index is -0.164. The van der Waals surface area contributed by atoms with E-state index in [2.05, 4.69) is 30.2 Å². The van der Waals surface area contributed by atoms with Gasteiger partial charge in [-0.25, -0.2) is 15.0 Å². The molecule has 8 heteroatoms. The Hall–Kier alpha value is -3.16. The number of imidazole rings is 1. The van der Waals surface area contributed by atoms with Gasteiger partial charge in [0.15, 0.2) is 17.0 Å². The summed E-state index contributed by atoms with van der Waals surface area (Å²) in [4.78, 5) is 24.5. The summed E-state index contributed by atoms with van der Waals surface area (Å²) in [6.45, 7) is 1.46. The average molecular weight is 338 g/mol. The van der Waals surface area contributed by atoms with Crippen LogP contribution in [0.1, 0.15) is 25.8 Å². The molecule has 1 aromatic carbocycles. The van der Waals surface area contributed by atoms with Crippen molar-refractivity contribution in [2.75, 3.05) is 17.7 Å². The summed E-state index contributed by atoms with van der Waals surface area (Å²) >= 11 is 0. The second-order valence-electron chi connectivity index (χ2n) is 6.00. The van der Waals surface area contributed by atoms with Crippen molar-refractivity contribution in [1.29, 1.82) is 0 Å². The van der Waals surface area contributed by atoms with Gasteiger partial charge in [0.1, 0.15) is 12.1 Å². The number of aromatic nitrogens is 4. The smallest absolute Gasteiger partial charge is 0.221 e. The zero-order valence-electron chi connectivity index (χ0n) is 14.0. The van der Waals surface area contributed by atoms with Gasteiger partial charge in [0.05, 0.1) is 19.1 Å². The van der Waals surface area contributed by atoms with E-state index in [1.165, 1.54) is 13.3 Å². The number of anilines is 3. The average Bonchev–Trinajstić information content (AvgIpc) is 3.34. The van der Waals surface area contributed by atoms with Crippen molar-refractivity contribution in [3.8, 4) is 5.75 Å². The van der Waals surface area contributed by atoms with Crippen LogP contribution in [0.3, 0.4) is 0 Å². The number of nitrogens with one attached hydrogen (secondary N) is 2. The van der Waals surface area contributed by atoms with Gasteiger partial charge in [0.25, 0.3) is 0 Å². The maximum Gasteiger partial charge on any atom is 0.221 e. The highest BCUT2D eigenvalue weighted by atomic mass is 16.5.